The predicted molar refractivity (Wildman–Crippen MR) is 73.3 cm³/mol. The molecule has 1 saturated carbocycles. The van der Waals surface area contributed by atoms with Crippen molar-refractivity contribution in [1.29, 1.82) is 0 Å². The first-order valence-corrected chi connectivity index (χ1v) is 8.07. The maximum atomic E-state index is 14.3. The summed E-state index contributed by atoms with van der Waals surface area (Å²) in [5, 5.41) is 0. The van der Waals surface area contributed by atoms with Gasteiger partial charge in [0, 0.05) is 0 Å². The van der Waals surface area contributed by atoms with Crippen LogP contribution in [0.2, 0.25) is 0 Å². The smallest absolute Gasteiger partial charge is 0.240 e. The first-order chi connectivity index (χ1) is 8.81. The van der Waals surface area contributed by atoms with Gasteiger partial charge in [-0.15, -0.1) is 0 Å². The minimum atomic E-state index is -3.64. The lowest BCUT2D eigenvalue weighted by Gasteiger charge is -2.35. The summed E-state index contributed by atoms with van der Waals surface area (Å²) < 4.78 is 41.3. The average molecular weight is 285 g/mol. The molecule has 5 heteroatoms. The minimum Gasteiger partial charge on any atom is -0.242 e. The van der Waals surface area contributed by atoms with E-state index in [0.29, 0.717) is 12.8 Å². The van der Waals surface area contributed by atoms with Crippen LogP contribution in [0.15, 0.2) is 29.2 Å². The summed E-state index contributed by atoms with van der Waals surface area (Å²) in [6, 6.07) is 5.95. The van der Waals surface area contributed by atoms with E-state index in [1.807, 2.05) is 6.92 Å². The Labute approximate surface area is 114 Å². The fourth-order valence-electron chi connectivity index (χ4n) is 2.45. The zero-order valence-electron chi connectivity index (χ0n) is 11.3. The number of nitrogens with one attached hydrogen (secondary N) is 1. The highest BCUT2D eigenvalue weighted by Crippen LogP contribution is 2.32. The first-order valence-electron chi connectivity index (χ1n) is 6.59. The van der Waals surface area contributed by atoms with Crippen LogP contribution >= 0.6 is 0 Å². The number of halogens is 1. The molecule has 106 valence electrons. The largest absolute Gasteiger partial charge is 0.242 e. The molecule has 0 bridgehead atoms. The molecule has 2 rings (SSSR count). The van der Waals surface area contributed by atoms with Crippen LogP contribution in [-0.4, -0.2) is 20.1 Å². The van der Waals surface area contributed by atoms with Gasteiger partial charge >= 0.3 is 0 Å². The van der Waals surface area contributed by atoms with Crippen LogP contribution in [0.4, 0.5) is 4.39 Å². The number of rotatable bonds is 3. The molecule has 0 aromatic heterocycles. The molecule has 0 heterocycles. The number of hydrogen-bond donors (Lipinski definition) is 1. The molecule has 0 unspecified atom stereocenters. The summed E-state index contributed by atoms with van der Waals surface area (Å²) in [4.78, 5) is 0.194. The Morgan fingerprint density at radius 3 is 2.47 bits per heavy atom. The molecule has 1 aromatic carbocycles. The van der Waals surface area contributed by atoms with Crippen molar-refractivity contribution in [3.8, 4) is 0 Å². The molecule has 1 aliphatic rings. The maximum Gasteiger partial charge on any atom is 0.240 e. The number of sulfonamides is 1. The molecule has 0 radical (unpaired) electrons. The van der Waals surface area contributed by atoms with E-state index in [2.05, 4.69) is 4.72 Å². The molecule has 0 aliphatic heterocycles. The molecule has 1 fully saturated rings. The lowest BCUT2D eigenvalue weighted by Crippen LogP contribution is -2.50. The second-order valence-electron chi connectivity index (χ2n) is 5.51. The molecule has 0 spiro atoms. The third-order valence-electron chi connectivity index (χ3n) is 3.76. The normalized spacial score (nSPS) is 28.3. The van der Waals surface area contributed by atoms with Crippen molar-refractivity contribution >= 4 is 10.0 Å². The molecular weight excluding hydrogens is 265 g/mol. The van der Waals surface area contributed by atoms with Crippen molar-refractivity contribution in [3.63, 3.8) is 0 Å². The summed E-state index contributed by atoms with van der Waals surface area (Å²) in [6.07, 6.45) is 2.64. The van der Waals surface area contributed by atoms with Gasteiger partial charge in [-0.2, -0.15) is 0 Å². The van der Waals surface area contributed by atoms with Gasteiger partial charge in [-0.1, -0.05) is 30.5 Å². The third kappa shape index (κ3) is 3.34. The van der Waals surface area contributed by atoms with Gasteiger partial charge in [0.15, 0.2) is 0 Å². The van der Waals surface area contributed by atoms with Crippen LogP contribution in [0.3, 0.4) is 0 Å². The van der Waals surface area contributed by atoms with Gasteiger partial charge in [-0.3, -0.25) is 0 Å². The number of benzene rings is 1. The van der Waals surface area contributed by atoms with Crippen molar-refractivity contribution in [1.82, 2.24) is 4.72 Å². The summed E-state index contributed by atoms with van der Waals surface area (Å²) in [7, 11) is -3.64. The maximum absolute atomic E-state index is 14.3. The van der Waals surface area contributed by atoms with E-state index in [1.165, 1.54) is 6.92 Å². The van der Waals surface area contributed by atoms with Gasteiger partial charge in [-0.05, 0) is 38.8 Å². The summed E-state index contributed by atoms with van der Waals surface area (Å²) in [5.41, 5.74) is -0.470. The molecule has 0 saturated heterocycles. The lowest BCUT2D eigenvalue weighted by atomic mass is 9.84. The molecule has 19 heavy (non-hydrogen) atoms. The van der Waals surface area contributed by atoms with E-state index in [-0.39, 0.29) is 4.90 Å². The number of aryl methyl sites for hydroxylation is 1. The van der Waals surface area contributed by atoms with Gasteiger partial charge in [0.05, 0.1) is 10.9 Å². The van der Waals surface area contributed by atoms with Crippen LogP contribution in [0, 0.1) is 6.92 Å². The van der Waals surface area contributed by atoms with Gasteiger partial charge in [0.1, 0.15) is 5.67 Å². The van der Waals surface area contributed by atoms with E-state index >= 15 is 0 Å². The van der Waals surface area contributed by atoms with E-state index in [4.69, 9.17) is 0 Å². The van der Waals surface area contributed by atoms with Crippen LogP contribution in [0.25, 0.3) is 0 Å². The van der Waals surface area contributed by atoms with Gasteiger partial charge < -0.3 is 0 Å². The molecule has 1 aromatic rings. The molecule has 0 amide bonds. The average Bonchev–Trinajstić information content (AvgIpc) is 2.32. The van der Waals surface area contributed by atoms with Crippen LogP contribution in [0.5, 0.6) is 0 Å². The molecule has 3 nitrogen and oxygen atoms in total. The molecular formula is C14H20FNO2S. The Hall–Kier alpha value is -0.940. The number of hydrogen-bond acceptors (Lipinski definition) is 2. The molecule has 1 aliphatic carbocycles. The lowest BCUT2D eigenvalue weighted by molar-refractivity contribution is 0.0941. The second kappa shape index (κ2) is 5.21. The monoisotopic (exact) mass is 285 g/mol. The second-order valence-corrected chi connectivity index (χ2v) is 7.22. The highest BCUT2D eigenvalue weighted by Gasteiger charge is 2.39. The minimum absolute atomic E-state index is 0.194. The molecule has 2 atom stereocenters. The van der Waals surface area contributed by atoms with Gasteiger partial charge in [0.25, 0.3) is 0 Å². The van der Waals surface area contributed by atoms with E-state index < -0.39 is 21.7 Å². The molecule has 1 N–H and O–H groups in total. The van der Waals surface area contributed by atoms with Crippen molar-refractivity contribution < 1.29 is 12.8 Å². The topological polar surface area (TPSA) is 46.2 Å². The summed E-state index contributed by atoms with van der Waals surface area (Å²) in [5.74, 6) is 0. The van der Waals surface area contributed by atoms with Crippen LogP contribution in [0.1, 0.15) is 38.2 Å². The van der Waals surface area contributed by atoms with Crippen molar-refractivity contribution in [2.45, 2.75) is 56.1 Å². The fourth-order valence-corrected chi connectivity index (χ4v) is 3.82. The zero-order valence-corrected chi connectivity index (χ0v) is 12.1. The van der Waals surface area contributed by atoms with E-state index in [1.54, 1.807) is 24.3 Å². The zero-order chi connectivity index (χ0) is 14.1. The highest BCUT2D eigenvalue weighted by molar-refractivity contribution is 7.89. The van der Waals surface area contributed by atoms with Crippen LogP contribution < -0.4 is 4.72 Å². The third-order valence-corrected chi connectivity index (χ3v) is 5.25. The summed E-state index contributed by atoms with van der Waals surface area (Å²) in [6.45, 7) is 3.37. The summed E-state index contributed by atoms with van der Waals surface area (Å²) >= 11 is 0. The Bertz CT molecular complexity index is 537. The standard InChI is InChI=1S/C14H20FNO2S/c1-11-6-8-12(9-7-11)19(17,18)16-13-5-3-4-10-14(13,2)15/h6-9,13,16H,3-5,10H2,1-2H3/t13-,14-/m1/s1. The Morgan fingerprint density at radius 2 is 1.89 bits per heavy atom. The van der Waals surface area contributed by atoms with Crippen molar-refractivity contribution in [2.24, 2.45) is 0 Å². The first kappa shape index (κ1) is 14.5. The van der Waals surface area contributed by atoms with Crippen molar-refractivity contribution in [2.75, 3.05) is 0 Å². The predicted octanol–water partition coefficient (Wildman–Crippen LogP) is 2.94. The van der Waals surface area contributed by atoms with Gasteiger partial charge in [0.2, 0.25) is 10.0 Å². The highest BCUT2D eigenvalue weighted by atomic mass is 32.2. The Morgan fingerprint density at radius 1 is 1.26 bits per heavy atom. The van der Waals surface area contributed by atoms with Crippen molar-refractivity contribution in [3.05, 3.63) is 29.8 Å². The Balaban J connectivity index is 2.19. The quantitative estimate of drug-likeness (QED) is 0.928. The number of alkyl halides is 1. The van der Waals surface area contributed by atoms with Crippen LogP contribution in [-0.2, 0) is 10.0 Å². The van der Waals surface area contributed by atoms with Gasteiger partial charge in [-0.25, -0.2) is 17.5 Å². The van der Waals surface area contributed by atoms with E-state index in [9.17, 15) is 12.8 Å². The van der Waals surface area contributed by atoms with E-state index in [0.717, 1.165) is 18.4 Å². The fraction of sp³-hybridized carbons (Fsp3) is 0.571. The SMILES string of the molecule is Cc1ccc(S(=O)(=O)N[C@@H]2CCCC[C@@]2(C)F)cc1. The Kier molecular flexibility index (Phi) is 3.97.